The van der Waals surface area contributed by atoms with Crippen LogP contribution in [0, 0.1) is 0 Å². The highest BCUT2D eigenvalue weighted by atomic mass is 28.4. The molecule has 5 aromatic carbocycles. The summed E-state index contributed by atoms with van der Waals surface area (Å²) in [5.41, 5.74) is 5.34. The van der Waals surface area contributed by atoms with Gasteiger partial charge in [0, 0.05) is 12.7 Å². The Bertz CT molecular complexity index is 2230. The molecule has 12 heteroatoms. The van der Waals surface area contributed by atoms with Crippen molar-refractivity contribution in [1.82, 2.24) is 0 Å². The lowest BCUT2D eigenvalue weighted by molar-refractivity contribution is -0.396. The highest BCUT2D eigenvalue weighted by molar-refractivity contribution is 6.88. The molecule has 3 saturated heterocycles. The third-order valence-corrected chi connectivity index (χ3v) is 18.6. The van der Waals surface area contributed by atoms with Crippen molar-refractivity contribution in [2.24, 2.45) is 0 Å². The smallest absolute Gasteiger partial charge is 0.229 e. The molecule has 0 saturated carbocycles. The molecule has 0 aliphatic carbocycles. The SMILES string of the molecule is CO[C@H]1O[C@@H]2CO[Si](C(C)C)(C(C)C)c3cccc(c3)CO[C@@H]3[C@@H](OCc4ccccc4)[C@@H](O[C@H]2[C@H](OCc2ccccc2)[C@H]1OCc1ccccc1)O[C@@H]1CO[C@@H](c2ccccc2)O[C@@H]31. The Balaban J connectivity index is 1.16. The standard InChI is InChI=1S/C54H64O11Si/c1-36(2)66(37(3)4)43-28-18-25-41(29-43)33-57-49-46-44(34-60-52(64-46)42-26-16-9-17-27-42)63-54(51(49)59-32-40-23-14-8-15-24-40)65-47-45(35-61-66)62-53(55-5)50(58-31-39-21-12-7-13-22-39)48(47)56-30-38-19-10-6-11-20-38/h6-29,36-37,44-54H,30-35H2,1-5H3/t44-,45-,46-,47-,48+,49+,50-,51-,52-,53+,54-/m1/s1. The molecule has 4 bridgehead atoms. The van der Waals surface area contributed by atoms with E-state index in [-0.39, 0.29) is 37.5 Å². The Labute approximate surface area is 390 Å². The summed E-state index contributed by atoms with van der Waals surface area (Å²) in [6.45, 7) is 10.6. The summed E-state index contributed by atoms with van der Waals surface area (Å²) >= 11 is 0. The average molecular weight is 917 g/mol. The fraction of sp³-hybridized carbons (Fsp3) is 0.444. The van der Waals surface area contributed by atoms with Crippen molar-refractivity contribution in [2.45, 2.75) is 133 Å². The maximum atomic E-state index is 7.48. The van der Waals surface area contributed by atoms with Crippen molar-refractivity contribution in [3.05, 3.63) is 173 Å². The summed E-state index contributed by atoms with van der Waals surface area (Å²) in [4.78, 5) is 0. The highest BCUT2D eigenvalue weighted by Crippen LogP contribution is 2.41. The van der Waals surface area contributed by atoms with Gasteiger partial charge >= 0.3 is 0 Å². The van der Waals surface area contributed by atoms with Crippen molar-refractivity contribution < 1.29 is 51.8 Å². The summed E-state index contributed by atoms with van der Waals surface area (Å²) in [5, 5.41) is 1.19. The first-order valence-corrected chi connectivity index (χ1v) is 25.5. The third-order valence-electron chi connectivity index (χ3n) is 13.3. The monoisotopic (exact) mass is 916 g/mol. The van der Waals surface area contributed by atoms with E-state index in [1.165, 1.54) is 5.19 Å². The van der Waals surface area contributed by atoms with Gasteiger partial charge in [0.05, 0.1) is 39.6 Å². The van der Waals surface area contributed by atoms with Crippen molar-refractivity contribution in [1.29, 1.82) is 0 Å². The Hall–Kier alpha value is -4.12. The van der Waals surface area contributed by atoms with Gasteiger partial charge in [-0.05, 0) is 38.5 Å². The van der Waals surface area contributed by atoms with Crippen LogP contribution < -0.4 is 5.19 Å². The van der Waals surface area contributed by atoms with Crippen LogP contribution in [0.15, 0.2) is 146 Å². The Morgan fingerprint density at radius 3 is 1.68 bits per heavy atom. The fourth-order valence-electron chi connectivity index (χ4n) is 10.1. The molecule has 0 N–H and O–H groups in total. The minimum absolute atomic E-state index is 0.202. The molecule has 3 fully saturated rings. The largest absolute Gasteiger partial charge is 0.409 e. The second-order valence-corrected chi connectivity index (χ2v) is 23.0. The van der Waals surface area contributed by atoms with Crippen LogP contribution in [-0.2, 0) is 78.2 Å². The predicted octanol–water partition coefficient (Wildman–Crippen LogP) is 8.93. The van der Waals surface area contributed by atoms with Crippen molar-refractivity contribution in [3.63, 3.8) is 0 Å². The first-order chi connectivity index (χ1) is 32.3. The van der Waals surface area contributed by atoms with Gasteiger partial charge in [-0.25, -0.2) is 0 Å². The second kappa shape index (κ2) is 21.9. The van der Waals surface area contributed by atoms with Gasteiger partial charge in [0.25, 0.3) is 0 Å². The zero-order chi connectivity index (χ0) is 45.5. The molecule has 0 radical (unpaired) electrons. The lowest BCUT2D eigenvalue weighted by atomic mass is 9.95. The van der Waals surface area contributed by atoms with Crippen LogP contribution in [-0.4, -0.2) is 90.1 Å². The fourth-order valence-corrected chi connectivity index (χ4v) is 14.8. The number of hydrogen-bond acceptors (Lipinski definition) is 11. The topological polar surface area (TPSA) is 102 Å². The normalized spacial score (nSPS) is 30.0. The summed E-state index contributed by atoms with van der Waals surface area (Å²) in [5.74, 6) is 0. The lowest BCUT2D eigenvalue weighted by Gasteiger charge is -2.52. The molecular weight excluding hydrogens is 853 g/mol. The number of fused-ring (bicyclic) bond motifs is 7. The van der Waals surface area contributed by atoms with Crippen molar-refractivity contribution in [3.8, 4) is 0 Å². The van der Waals surface area contributed by atoms with Crippen LogP contribution in [0.1, 0.15) is 61.8 Å². The second-order valence-electron chi connectivity index (χ2n) is 18.3. The number of benzene rings is 5. The summed E-state index contributed by atoms with van der Waals surface area (Å²) in [6, 6.07) is 48.9. The quantitative estimate of drug-likeness (QED) is 0.106. The van der Waals surface area contributed by atoms with E-state index in [2.05, 4.69) is 52.0 Å². The Morgan fingerprint density at radius 1 is 0.530 bits per heavy atom. The number of hydrogen-bond donors (Lipinski definition) is 0. The molecule has 0 spiro atoms. The average Bonchev–Trinajstić information content (AvgIpc) is 3.35. The highest BCUT2D eigenvalue weighted by Gasteiger charge is 2.57. The van der Waals surface area contributed by atoms with E-state index in [4.69, 9.17) is 51.8 Å². The van der Waals surface area contributed by atoms with Gasteiger partial charge < -0.3 is 51.8 Å². The maximum absolute atomic E-state index is 7.48. The van der Waals surface area contributed by atoms with Crippen LogP contribution in [0.4, 0.5) is 0 Å². The summed E-state index contributed by atoms with van der Waals surface area (Å²) in [7, 11) is -1.13. The molecule has 4 aliphatic heterocycles. The molecule has 4 aliphatic rings. The van der Waals surface area contributed by atoms with E-state index < -0.39 is 76.0 Å². The molecule has 0 unspecified atom stereocenters. The molecule has 11 atom stereocenters. The van der Waals surface area contributed by atoms with Gasteiger partial charge in [-0.3, -0.25) is 0 Å². The molecule has 350 valence electrons. The van der Waals surface area contributed by atoms with E-state index in [9.17, 15) is 0 Å². The van der Waals surface area contributed by atoms with Gasteiger partial charge in [0.1, 0.15) is 48.8 Å². The van der Waals surface area contributed by atoms with E-state index in [0.717, 1.165) is 27.8 Å². The lowest BCUT2D eigenvalue weighted by Crippen LogP contribution is -2.68. The molecule has 0 aromatic heterocycles. The molecule has 0 amide bonds. The molecular formula is C54H64O11Si. The molecule has 11 nitrogen and oxygen atoms in total. The Morgan fingerprint density at radius 2 is 1.09 bits per heavy atom. The van der Waals surface area contributed by atoms with E-state index in [1.807, 2.05) is 121 Å². The van der Waals surface area contributed by atoms with Gasteiger partial charge in [-0.1, -0.05) is 173 Å². The molecule has 5 aromatic rings. The van der Waals surface area contributed by atoms with Gasteiger partial charge in [0.2, 0.25) is 8.32 Å². The minimum Gasteiger partial charge on any atom is -0.409 e. The zero-order valence-electron chi connectivity index (χ0n) is 38.6. The van der Waals surface area contributed by atoms with E-state index >= 15 is 0 Å². The molecule has 66 heavy (non-hydrogen) atoms. The summed E-state index contributed by atoms with van der Waals surface area (Å²) < 4.78 is 76.6. The third kappa shape index (κ3) is 10.5. The van der Waals surface area contributed by atoms with Crippen LogP contribution in [0.5, 0.6) is 0 Å². The summed E-state index contributed by atoms with van der Waals surface area (Å²) in [6.07, 6.45) is -8.02. The Kier molecular flexibility index (Phi) is 15.6. The van der Waals surface area contributed by atoms with Gasteiger partial charge in [-0.15, -0.1) is 0 Å². The van der Waals surface area contributed by atoms with E-state index in [0.29, 0.717) is 13.2 Å². The zero-order valence-corrected chi connectivity index (χ0v) is 39.6. The molecule has 4 heterocycles. The van der Waals surface area contributed by atoms with Crippen molar-refractivity contribution >= 4 is 13.5 Å². The van der Waals surface area contributed by atoms with Crippen LogP contribution in [0.3, 0.4) is 0 Å². The predicted molar refractivity (Wildman–Crippen MR) is 251 cm³/mol. The van der Waals surface area contributed by atoms with Crippen LogP contribution >= 0.6 is 0 Å². The van der Waals surface area contributed by atoms with Crippen LogP contribution in [0.25, 0.3) is 0 Å². The minimum atomic E-state index is -2.77. The van der Waals surface area contributed by atoms with Gasteiger partial charge in [0.15, 0.2) is 18.9 Å². The number of ether oxygens (including phenoxy) is 10. The van der Waals surface area contributed by atoms with Crippen molar-refractivity contribution in [2.75, 3.05) is 20.3 Å². The van der Waals surface area contributed by atoms with Crippen LogP contribution in [0.2, 0.25) is 11.1 Å². The number of methoxy groups -OCH3 is 1. The van der Waals surface area contributed by atoms with Gasteiger partial charge in [-0.2, -0.15) is 0 Å². The molecule has 9 rings (SSSR count). The first kappa shape index (κ1) is 47.0. The maximum Gasteiger partial charge on any atom is 0.229 e. The number of rotatable bonds is 13. The first-order valence-electron chi connectivity index (χ1n) is 23.4. The van der Waals surface area contributed by atoms with E-state index in [1.54, 1.807) is 7.11 Å².